The Labute approximate surface area is 125 Å². The van der Waals surface area contributed by atoms with Gasteiger partial charge in [-0.2, -0.15) is 0 Å². The second-order valence-electron chi connectivity index (χ2n) is 5.86. The molecular weight excluding hydrogens is 262 g/mol. The van der Waals surface area contributed by atoms with Crippen LogP contribution in [0.4, 0.5) is 0 Å². The molecule has 21 heavy (non-hydrogen) atoms. The van der Waals surface area contributed by atoms with E-state index in [-0.39, 0.29) is 5.78 Å². The molecule has 0 atom stereocenters. The summed E-state index contributed by atoms with van der Waals surface area (Å²) in [6, 6.07) is 9.82. The first-order chi connectivity index (χ1) is 10.2. The van der Waals surface area contributed by atoms with Gasteiger partial charge in [-0.25, -0.2) is 0 Å². The number of aromatic nitrogens is 1. The van der Waals surface area contributed by atoms with E-state index in [1.165, 1.54) is 12.8 Å². The fraction of sp³-hybridized carbons (Fsp3) is 0.444. The Bertz CT molecular complexity index is 642. The summed E-state index contributed by atoms with van der Waals surface area (Å²) < 4.78 is 5.71. The van der Waals surface area contributed by atoms with Crippen LogP contribution in [-0.2, 0) is 4.74 Å². The van der Waals surface area contributed by atoms with Gasteiger partial charge in [-0.3, -0.25) is 9.78 Å². The topological polar surface area (TPSA) is 39.2 Å². The average Bonchev–Trinajstić information content (AvgIpc) is 2.80. The van der Waals surface area contributed by atoms with E-state index in [1.54, 1.807) is 13.3 Å². The standard InChI is InChI=1S/C18H21NO2/c1-21-18(10-6-2-3-7-11-18)17(20)15-12-14-8-4-5-9-16(14)19-13-15/h4-5,8-9,12-13H,2-3,6-7,10-11H2,1H3. The van der Waals surface area contributed by atoms with Gasteiger partial charge in [0.25, 0.3) is 0 Å². The average molecular weight is 283 g/mol. The van der Waals surface area contributed by atoms with E-state index in [4.69, 9.17) is 4.74 Å². The molecular formula is C18H21NO2. The Morgan fingerprint density at radius 1 is 1.14 bits per heavy atom. The highest BCUT2D eigenvalue weighted by Crippen LogP contribution is 2.33. The van der Waals surface area contributed by atoms with E-state index in [9.17, 15) is 4.79 Å². The Kier molecular flexibility index (Phi) is 4.02. The molecule has 1 saturated carbocycles. The van der Waals surface area contributed by atoms with Crippen LogP contribution in [0.15, 0.2) is 36.5 Å². The van der Waals surface area contributed by atoms with Gasteiger partial charge in [0.15, 0.2) is 5.78 Å². The van der Waals surface area contributed by atoms with E-state index in [0.29, 0.717) is 5.56 Å². The van der Waals surface area contributed by atoms with Gasteiger partial charge < -0.3 is 4.74 Å². The highest BCUT2D eigenvalue weighted by atomic mass is 16.5. The van der Waals surface area contributed by atoms with Crippen molar-refractivity contribution in [3.63, 3.8) is 0 Å². The van der Waals surface area contributed by atoms with Crippen molar-refractivity contribution in [2.45, 2.75) is 44.1 Å². The minimum absolute atomic E-state index is 0.0881. The number of benzene rings is 1. The number of hydrogen-bond acceptors (Lipinski definition) is 3. The highest BCUT2D eigenvalue weighted by molar-refractivity contribution is 6.04. The van der Waals surface area contributed by atoms with Crippen LogP contribution in [0.1, 0.15) is 48.9 Å². The molecule has 1 fully saturated rings. The van der Waals surface area contributed by atoms with E-state index in [0.717, 1.165) is 36.6 Å². The van der Waals surface area contributed by atoms with Crippen molar-refractivity contribution in [1.29, 1.82) is 0 Å². The molecule has 0 amide bonds. The van der Waals surface area contributed by atoms with Crippen molar-refractivity contribution in [3.8, 4) is 0 Å². The predicted molar refractivity (Wildman–Crippen MR) is 83.5 cm³/mol. The Morgan fingerprint density at radius 2 is 1.86 bits per heavy atom. The molecule has 1 heterocycles. The van der Waals surface area contributed by atoms with Gasteiger partial charge in [-0.15, -0.1) is 0 Å². The lowest BCUT2D eigenvalue weighted by Gasteiger charge is -2.29. The van der Waals surface area contributed by atoms with Crippen LogP contribution < -0.4 is 0 Å². The molecule has 1 aliphatic rings. The third kappa shape index (κ3) is 2.70. The first-order valence-corrected chi connectivity index (χ1v) is 7.70. The van der Waals surface area contributed by atoms with Gasteiger partial charge in [0.2, 0.25) is 0 Å². The third-order valence-electron chi connectivity index (χ3n) is 4.57. The van der Waals surface area contributed by atoms with Crippen LogP contribution in [-0.4, -0.2) is 23.5 Å². The highest BCUT2D eigenvalue weighted by Gasteiger charge is 2.39. The van der Waals surface area contributed by atoms with Crippen LogP contribution in [0, 0.1) is 0 Å². The summed E-state index contributed by atoms with van der Waals surface area (Å²) in [6.07, 6.45) is 7.81. The van der Waals surface area contributed by atoms with E-state index < -0.39 is 5.60 Å². The van der Waals surface area contributed by atoms with Crippen molar-refractivity contribution >= 4 is 16.7 Å². The monoisotopic (exact) mass is 283 g/mol. The first kappa shape index (κ1) is 14.2. The summed E-state index contributed by atoms with van der Waals surface area (Å²) in [6.45, 7) is 0. The number of nitrogens with zero attached hydrogens (tertiary/aromatic N) is 1. The van der Waals surface area contributed by atoms with Crippen LogP contribution in [0.3, 0.4) is 0 Å². The first-order valence-electron chi connectivity index (χ1n) is 7.70. The molecule has 0 spiro atoms. The van der Waals surface area contributed by atoms with Gasteiger partial charge in [-0.05, 0) is 25.0 Å². The molecule has 3 rings (SSSR count). The molecule has 0 radical (unpaired) electrons. The number of hydrogen-bond donors (Lipinski definition) is 0. The minimum Gasteiger partial charge on any atom is -0.370 e. The van der Waals surface area contributed by atoms with Crippen LogP contribution in [0.2, 0.25) is 0 Å². The smallest absolute Gasteiger partial charge is 0.196 e. The summed E-state index contributed by atoms with van der Waals surface area (Å²) in [7, 11) is 1.66. The largest absolute Gasteiger partial charge is 0.370 e. The van der Waals surface area contributed by atoms with E-state index in [1.807, 2.05) is 30.3 Å². The second-order valence-corrected chi connectivity index (χ2v) is 5.86. The van der Waals surface area contributed by atoms with Crippen molar-refractivity contribution in [1.82, 2.24) is 4.98 Å². The lowest BCUT2D eigenvalue weighted by atomic mass is 9.86. The van der Waals surface area contributed by atoms with Crippen LogP contribution in [0.25, 0.3) is 10.9 Å². The maximum atomic E-state index is 13.0. The number of carbonyl (C=O) groups excluding carboxylic acids is 1. The zero-order valence-corrected chi connectivity index (χ0v) is 12.5. The van der Waals surface area contributed by atoms with Crippen molar-refractivity contribution < 1.29 is 9.53 Å². The van der Waals surface area contributed by atoms with Gasteiger partial charge in [0, 0.05) is 24.3 Å². The number of rotatable bonds is 3. The fourth-order valence-corrected chi connectivity index (χ4v) is 3.28. The Morgan fingerprint density at radius 3 is 2.57 bits per heavy atom. The predicted octanol–water partition coefficient (Wildman–Crippen LogP) is 4.16. The molecule has 3 heteroatoms. The molecule has 1 aromatic heterocycles. The summed E-state index contributed by atoms with van der Waals surface area (Å²) in [5.41, 5.74) is 0.930. The molecule has 3 nitrogen and oxygen atoms in total. The molecule has 0 bridgehead atoms. The van der Waals surface area contributed by atoms with Crippen LogP contribution in [0.5, 0.6) is 0 Å². The quantitative estimate of drug-likeness (QED) is 0.627. The summed E-state index contributed by atoms with van der Waals surface area (Å²) >= 11 is 0. The fourth-order valence-electron chi connectivity index (χ4n) is 3.28. The summed E-state index contributed by atoms with van der Waals surface area (Å²) in [4.78, 5) is 17.4. The summed E-state index contributed by atoms with van der Waals surface area (Å²) in [5.74, 6) is 0.0881. The van der Waals surface area contributed by atoms with Gasteiger partial charge >= 0.3 is 0 Å². The molecule has 1 aromatic carbocycles. The van der Waals surface area contributed by atoms with E-state index in [2.05, 4.69) is 4.98 Å². The molecule has 0 aliphatic heterocycles. The lowest BCUT2D eigenvalue weighted by molar-refractivity contribution is -0.00693. The number of fused-ring (bicyclic) bond motifs is 1. The van der Waals surface area contributed by atoms with Gasteiger partial charge in [0.1, 0.15) is 5.60 Å². The minimum atomic E-state index is -0.652. The summed E-state index contributed by atoms with van der Waals surface area (Å²) in [5, 5.41) is 1.00. The normalized spacial score (nSPS) is 18.3. The SMILES string of the molecule is COC1(C(=O)c2cnc3ccccc3c2)CCCCCC1. The van der Waals surface area contributed by atoms with Crippen molar-refractivity contribution in [2.24, 2.45) is 0 Å². The maximum absolute atomic E-state index is 13.0. The number of ketones is 1. The molecule has 1 aliphatic carbocycles. The zero-order chi connectivity index (χ0) is 14.7. The Balaban J connectivity index is 1.97. The number of Topliss-reactive ketones (excluding diaryl/α,β-unsaturated/α-hetero) is 1. The van der Waals surface area contributed by atoms with Gasteiger partial charge in [0.05, 0.1) is 5.52 Å². The molecule has 2 aromatic rings. The van der Waals surface area contributed by atoms with E-state index >= 15 is 0 Å². The number of ether oxygens (including phenoxy) is 1. The van der Waals surface area contributed by atoms with Crippen molar-refractivity contribution in [2.75, 3.05) is 7.11 Å². The maximum Gasteiger partial charge on any atom is 0.196 e. The number of carbonyl (C=O) groups is 1. The van der Waals surface area contributed by atoms with Crippen molar-refractivity contribution in [3.05, 3.63) is 42.1 Å². The molecule has 0 unspecified atom stereocenters. The van der Waals surface area contributed by atoms with Gasteiger partial charge in [-0.1, -0.05) is 43.9 Å². The lowest BCUT2D eigenvalue weighted by Crippen LogP contribution is -2.40. The Hall–Kier alpha value is -1.74. The number of methoxy groups -OCH3 is 1. The van der Waals surface area contributed by atoms with Crippen LogP contribution >= 0.6 is 0 Å². The number of pyridine rings is 1. The number of para-hydroxylation sites is 1. The molecule has 0 N–H and O–H groups in total. The molecule has 110 valence electrons. The molecule has 0 saturated heterocycles. The zero-order valence-electron chi connectivity index (χ0n) is 12.5. The third-order valence-corrected chi connectivity index (χ3v) is 4.57. The second kappa shape index (κ2) is 5.94.